The van der Waals surface area contributed by atoms with E-state index in [1.54, 1.807) is 78.4 Å². The van der Waals surface area contributed by atoms with Crippen molar-refractivity contribution in [3.8, 4) is 11.5 Å². The number of methoxy groups -OCH3 is 2. The second-order valence-corrected chi connectivity index (χ2v) is 15.6. The number of benzene rings is 2. The number of ether oxygens (including phenoxy) is 3. The van der Waals surface area contributed by atoms with E-state index in [0.717, 1.165) is 11.1 Å². The summed E-state index contributed by atoms with van der Waals surface area (Å²) in [6.45, 7) is 4.81. The van der Waals surface area contributed by atoms with Gasteiger partial charge in [-0.3, -0.25) is 33.8 Å². The van der Waals surface area contributed by atoms with Gasteiger partial charge in [-0.25, -0.2) is 9.55 Å². The zero-order valence-electron chi connectivity index (χ0n) is 33.2. The van der Waals surface area contributed by atoms with E-state index in [4.69, 9.17) is 18.7 Å². The first-order valence-electron chi connectivity index (χ1n) is 18.8. The Kier molecular flexibility index (Phi) is 13.5. The van der Waals surface area contributed by atoms with Crippen molar-refractivity contribution in [2.24, 2.45) is 19.1 Å². The summed E-state index contributed by atoms with van der Waals surface area (Å²) in [7, 11) is 2.22. The Bertz CT molecular complexity index is 2320. The minimum Gasteiger partial charge on any atom is -0.493 e. The van der Waals surface area contributed by atoms with Crippen LogP contribution in [0.1, 0.15) is 62.7 Å². The molecule has 3 amide bonds. The van der Waals surface area contributed by atoms with E-state index < -0.39 is 13.7 Å². The molecule has 0 bridgehead atoms. The summed E-state index contributed by atoms with van der Waals surface area (Å²) >= 11 is 0. The van der Waals surface area contributed by atoms with Gasteiger partial charge in [-0.2, -0.15) is 0 Å². The third-order valence-corrected chi connectivity index (χ3v) is 10.6. The number of fused-ring (bicyclic) bond motifs is 2. The lowest BCUT2D eigenvalue weighted by Gasteiger charge is -2.20. The number of ketones is 1. The van der Waals surface area contributed by atoms with Gasteiger partial charge in [-0.1, -0.05) is 24.3 Å². The van der Waals surface area contributed by atoms with E-state index in [9.17, 15) is 28.6 Å². The van der Waals surface area contributed by atoms with Crippen molar-refractivity contribution in [3.05, 3.63) is 89.7 Å². The number of hydrogen-bond donors (Lipinski definition) is 4. The highest BCUT2D eigenvalue weighted by Gasteiger charge is 2.34. The van der Waals surface area contributed by atoms with Crippen LogP contribution in [-0.2, 0) is 39.1 Å². The van der Waals surface area contributed by atoms with Gasteiger partial charge in [0.2, 0.25) is 11.7 Å². The normalized spacial score (nSPS) is 15.5. The fraction of sp³-hybridized carbons (Fsp3) is 0.350. The summed E-state index contributed by atoms with van der Waals surface area (Å²) in [6, 6.07) is 11.5. The van der Waals surface area contributed by atoms with E-state index in [2.05, 4.69) is 32.3 Å². The maximum atomic E-state index is 13.2. The van der Waals surface area contributed by atoms with Crippen LogP contribution in [-0.4, -0.2) is 100 Å². The minimum absolute atomic E-state index is 0.0408. The van der Waals surface area contributed by atoms with Crippen molar-refractivity contribution in [2.45, 2.75) is 38.1 Å². The molecule has 1 saturated heterocycles. The van der Waals surface area contributed by atoms with Gasteiger partial charge in [-0.15, -0.1) is 0 Å². The summed E-state index contributed by atoms with van der Waals surface area (Å²) in [5.41, 5.74) is 3.89. The second kappa shape index (κ2) is 18.7. The Morgan fingerprint density at radius 1 is 0.966 bits per heavy atom. The molecule has 312 valence electrons. The molecule has 2 aliphatic heterocycles. The predicted octanol–water partition coefficient (Wildman–Crippen LogP) is 5.29. The maximum Gasteiger partial charge on any atom is 0.430 e. The van der Waals surface area contributed by atoms with Crippen molar-refractivity contribution < 1.29 is 47.4 Å². The average Bonchev–Trinajstić information content (AvgIpc) is 3.86. The van der Waals surface area contributed by atoms with Crippen LogP contribution < -0.4 is 25.2 Å². The molecular weight excluding hydrogens is 783 g/mol. The quantitative estimate of drug-likeness (QED) is 0.0410. The van der Waals surface area contributed by atoms with Gasteiger partial charge >= 0.3 is 7.75 Å². The van der Waals surface area contributed by atoms with Crippen LogP contribution in [0.4, 0.5) is 22.9 Å². The first-order chi connectivity index (χ1) is 28.2. The van der Waals surface area contributed by atoms with Crippen molar-refractivity contribution in [3.63, 3.8) is 0 Å². The Morgan fingerprint density at radius 3 is 2.49 bits per heavy atom. The lowest BCUT2D eigenvalue weighted by molar-refractivity contribution is -0.116. The fourth-order valence-corrected chi connectivity index (χ4v) is 7.49. The highest BCUT2D eigenvalue weighted by atomic mass is 31.2. The zero-order chi connectivity index (χ0) is 42.3. The number of amides is 3. The summed E-state index contributed by atoms with van der Waals surface area (Å²) in [5.74, 6) is -0.152. The van der Waals surface area contributed by atoms with Crippen molar-refractivity contribution in [1.82, 2.24) is 19.0 Å². The Labute approximate surface area is 340 Å². The maximum absolute atomic E-state index is 13.2. The van der Waals surface area contributed by atoms with Crippen LogP contribution >= 0.6 is 7.75 Å². The fourth-order valence-electron chi connectivity index (χ4n) is 6.63. The lowest BCUT2D eigenvalue weighted by atomic mass is 10.1. The number of carbonyl (C=O) groups excluding carboxylic acids is 4. The number of nitrogens with zero attached hydrogens (tertiary/aromatic N) is 5. The highest BCUT2D eigenvalue weighted by Crippen LogP contribution is 2.42. The zero-order valence-corrected chi connectivity index (χ0v) is 34.1. The number of aryl methyl sites for hydroxylation is 3. The van der Waals surface area contributed by atoms with Gasteiger partial charge in [-0.05, 0) is 49.1 Å². The van der Waals surface area contributed by atoms with E-state index in [0.29, 0.717) is 65.6 Å². The molecule has 19 heteroatoms. The molecule has 0 radical (unpaired) electrons. The number of aromatic nitrogens is 3. The molecular formula is C40H47N8O10P. The number of hydrogen-bond acceptors (Lipinski definition) is 11. The third kappa shape index (κ3) is 10.7. The van der Waals surface area contributed by atoms with Gasteiger partial charge < -0.3 is 43.8 Å². The number of carbonyl (C=O) groups is 4. The molecule has 4 heterocycles. The molecule has 2 aliphatic rings. The Morgan fingerprint density at radius 2 is 1.75 bits per heavy atom. The van der Waals surface area contributed by atoms with Crippen molar-refractivity contribution in [2.75, 3.05) is 56.3 Å². The van der Waals surface area contributed by atoms with E-state index >= 15 is 0 Å². The van der Waals surface area contributed by atoms with Gasteiger partial charge in [0.05, 0.1) is 55.6 Å². The predicted molar refractivity (Wildman–Crippen MR) is 220 cm³/mol. The van der Waals surface area contributed by atoms with Gasteiger partial charge in [0, 0.05) is 71.0 Å². The largest absolute Gasteiger partial charge is 0.493 e. The van der Waals surface area contributed by atoms with Crippen LogP contribution in [0.3, 0.4) is 0 Å². The van der Waals surface area contributed by atoms with Gasteiger partial charge in [0.15, 0.2) is 23.1 Å². The summed E-state index contributed by atoms with van der Waals surface area (Å²) in [5, 5.41) is 7.94. The standard InChI is InChI=1S/C40H47N8O10P/c1-25-17-29-21-41-31-20-35(34(56-5)19-30(31)40(52)48(29)22-25)57-14-6-7-37(50)43-36-24-47(3)38(44-36)39(51)42-28-18-32(46(2)23-28)33(49)13-10-26-8-11-27(12-9-26)45-59(53,54)58-16-15-55-4/h8-9,11-12,18-21,23-24,29H,1,6-7,10,13-17,22H2,2-5H3,(H,42,51)(H,43,50)(H2,45,53,54)/t29-/m0/s1. The molecule has 59 heavy (non-hydrogen) atoms. The number of rotatable bonds is 19. The summed E-state index contributed by atoms with van der Waals surface area (Å²) in [6.07, 6.45) is 6.62. The monoisotopic (exact) mass is 830 g/mol. The van der Waals surface area contributed by atoms with Crippen LogP contribution in [0, 0.1) is 0 Å². The molecule has 0 aliphatic carbocycles. The molecule has 2 aromatic carbocycles. The number of aliphatic imine (C=N–C) groups is 1. The number of anilines is 3. The van der Waals surface area contributed by atoms with Crippen LogP contribution in [0.15, 0.2) is 72.0 Å². The van der Waals surface area contributed by atoms with E-state index in [-0.39, 0.29) is 67.9 Å². The van der Waals surface area contributed by atoms with Crippen LogP contribution in [0.2, 0.25) is 0 Å². The van der Waals surface area contributed by atoms with Gasteiger partial charge in [0.1, 0.15) is 0 Å². The molecule has 2 atom stereocenters. The molecule has 1 unspecified atom stereocenters. The molecule has 4 N–H and O–H groups in total. The number of Topliss-reactive ketones (excluding diaryl/α,β-unsaturated/α-hetero) is 1. The first-order valence-corrected chi connectivity index (χ1v) is 20.4. The van der Waals surface area contributed by atoms with Crippen LogP contribution in [0.5, 0.6) is 11.5 Å². The van der Waals surface area contributed by atoms with Gasteiger partial charge in [0.25, 0.3) is 11.8 Å². The third-order valence-electron chi connectivity index (χ3n) is 9.57. The smallest absolute Gasteiger partial charge is 0.430 e. The van der Waals surface area contributed by atoms with Crippen molar-refractivity contribution in [1.29, 1.82) is 0 Å². The molecule has 1 fully saturated rings. The summed E-state index contributed by atoms with van der Waals surface area (Å²) in [4.78, 5) is 72.9. The second-order valence-electron chi connectivity index (χ2n) is 14.1. The minimum atomic E-state index is -4.05. The molecule has 4 aromatic rings. The van der Waals surface area contributed by atoms with E-state index in [1.807, 2.05) is 0 Å². The topological polar surface area (TPSA) is 217 Å². The molecule has 2 aromatic heterocycles. The van der Waals surface area contributed by atoms with E-state index in [1.165, 1.54) is 25.0 Å². The lowest BCUT2D eigenvalue weighted by Crippen LogP contribution is -2.35. The average molecular weight is 831 g/mol. The highest BCUT2D eigenvalue weighted by molar-refractivity contribution is 7.54. The molecule has 6 rings (SSSR count). The SMILES string of the molecule is C=C1C[C@H]2C=Nc3cc(OCCCC(=O)Nc4cn(C)c(C(=O)Nc5cc(C(=O)CCc6ccc(NP(=O)(O)OCCOC)cc6)n(C)c5)n4)c(OC)cc3C(=O)N2C1. The Hall–Kier alpha value is -6.07. The molecule has 0 spiro atoms. The Balaban J connectivity index is 0.958. The first kappa shape index (κ1) is 42.5. The molecule has 0 saturated carbocycles. The molecule has 18 nitrogen and oxygen atoms in total. The number of nitrogens with one attached hydrogen (secondary N) is 3. The van der Waals surface area contributed by atoms with Crippen LogP contribution in [0.25, 0.3) is 0 Å². The van der Waals surface area contributed by atoms with Crippen molar-refractivity contribution >= 4 is 60.3 Å². The number of imidazole rings is 1. The summed E-state index contributed by atoms with van der Waals surface area (Å²) < 4.78 is 36.5.